The zero-order chi connectivity index (χ0) is 14.8. The highest BCUT2D eigenvalue weighted by atomic mass is 19.4. The van der Waals surface area contributed by atoms with Crippen molar-refractivity contribution >= 4 is 6.21 Å². The number of hydrogen-bond donors (Lipinski definition) is 1. The van der Waals surface area contributed by atoms with Crippen molar-refractivity contribution in [1.82, 2.24) is 9.78 Å². The Bertz CT molecular complexity index is 618. The van der Waals surface area contributed by atoms with Crippen molar-refractivity contribution in [3.63, 3.8) is 0 Å². The number of benzene rings is 1. The normalized spacial score (nSPS) is 12.0. The third kappa shape index (κ3) is 2.73. The molecule has 2 rings (SSSR count). The molecule has 1 aromatic carbocycles. The average Bonchev–Trinajstić information content (AvgIpc) is 2.81. The van der Waals surface area contributed by atoms with E-state index >= 15 is 0 Å². The lowest BCUT2D eigenvalue weighted by molar-refractivity contribution is -0.137. The standard InChI is InChI=1S/C12H10F3N3O2/c1-20-11-8(6-16-19)7-18(17-11)10-4-2-9(3-5-10)12(13,14)15/h2-7,19H,1H3/b16-6+. The van der Waals surface area contributed by atoms with Crippen LogP contribution in [0.4, 0.5) is 13.2 Å². The van der Waals surface area contributed by atoms with E-state index in [4.69, 9.17) is 9.94 Å². The molecular weight excluding hydrogens is 275 g/mol. The molecule has 0 unspecified atom stereocenters. The number of halogens is 3. The number of aromatic nitrogens is 2. The molecule has 0 aliphatic heterocycles. The summed E-state index contributed by atoms with van der Waals surface area (Å²) in [5, 5.41) is 15.4. The minimum Gasteiger partial charge on any atom is -0.479 e. The Morgan fingerprint density at radius 3 is 2.45 bits per heavy atom. The third-order valence-electron chi connectivity index (χ3n) is 2.56. The molecule has 8 heteroatoms. The van der Waals surface area contributed by atoms with Crippen molar-refractivity contribution in [2.45, 2.75) is 6.18 Å². The minimum atomic E-state index is -4.38. The van der Waals surface area contributed by atoms with Gasteiger partial charge < -0.3 is 9.94 Å². The van der Waals surface area contributed by atoms with E-state index in [2.05, 4.69) is 10.3 Å². The Morgan fingerprint density at radius 1 is 1.30 bits per heavy atom. The quantitative estimate of drug-likeness (QED) is 0.536. The Labute approximate surface area is 111 Å². The van der Waals surface area contributed by atoms with Gasteiger partial charge in [0.25, 0.3) is 0 Å². The summed E-state index contributed by atoms with van der Waals surface area (Å²) in [5.74, 6) is 0.197. The van der Waals surface area contributed by atoms with E-state index in [1.54, 1.807) is 0 Å². The number of ether oxygens (including phenoxy) is 1. The van der Waals surface area contributed by atoms with Crippen LogP contribution in [0.5, 0.6) is 5.88 Å². The fourth-order valence-corrected chi connectivity index (χ4v) is 1.62. The van der Waals surface area contributed by atoms with E-state index in [-0.39, 0.29) is 5.88 Å². The van der Waals surface area contributed by atoms with E-state index in [1.807, 2.05) is 0 Å². The van der Waals surface area contributed by atoms with Crippen LogP contribution in [0.2, 0.25) is 0 Å². The van der Waals surface area contributed by atoms with Gasteiger partial charge in [0.15, 0.2) is 0 Å². The van der Waals surface area contributed by atoms with E-state index in [9.17, 15) is 13.2 Å². The number of hydrogen-bond acceptors (Lipinski definition) is 4. The van der Waals surface area contributed by atoms with Crippen molar-refractivity contribution in [2.24, 2.45) is 5.16 Å². The van der Waals surface area contributed by atoms with Crippen molar-refractivity contribution in [3.05, 3.63) is 41.6 Å². The molecule has 0 spiro atoms. The van der Waals surface area contributed by atoms with Crippen LogP contribution in [0.25, 0.3) is 5.69 Å². The summed E-state index contributed by atoms with van der Waals surface area (Å²) in [5.41, 5.74) is 0.0845. The van der Waals surface area contributed by atoms with Gasteiger partial charge in [-0.15, -0.1) is 5.10 Å². The molecule has 0 radical (unpaired) electrons. The molecule has 0 atom stereocenters. The fourth-order valence-electron chi connectivity index (χ4n) is 1.62. The highest BCUT2D eigenvalue weighted by molar-refractivity contribution is 5.82. The molecule has 2 aromatic rings. The number of nitrogens with zero attached hydrogens (tertiary/aromatic N) is 3. The second kappa shape index (κ2) is 5.24. The number of oxime groups is 1. The first-order valence-electron chi connectivity index (χ1n) is 5.44. The summed E-state index contributed by atoms with van der Waals surface area (Å²) in [7, 11) is 1.38. The number of alkyl halides is 3. The zero-order valence-corrected chi connectivity index (χ0v) is 10.3. The lowest BCUT2D eigenvalue weighted by Gasteiger charge is -2.07. The predicted molar refractivity (Wildman–Crippen MR) is 64.5 cm³/mol. The molecule has 0 aliphatic rings. The molecular formula is C12H10F3N3O2. The molecule has 0 bridgehead atoms. The molecule has 106 valence electrons. The van der Waals surface area contributed by atoms with Gasteiger partial charge in [-0.2, -0.15) is 13.2 Å². The van der Waals surface area contributed by atoms with Crippen LogP contribution in [0.3, 0.4) is 0 Å². The number of rotatable bonds is 3. The molecule has 0 saturated heterocycles. The molecule has 0 fully saturated rings. The van der Waals surface area contributed by atoms with Crippen LogP contribution >= 0.6 is 0 Å². The van der Waals surface area contributed by atoms with Crippen LogP contribution in [-0.4, -0.2) is 28.3 Å². The summed E-state index contributed by atoms with van der Waals surface area (Å²) in [6.07, 6.45) is -1.79. The number of methoxy groups -OCH3 is 1. The SMILES string of the molecule is COc1nn(-c2ccc(C(F)(F)F)cc2)cc1/C=N/O. The van der Waals surface area contributed by atoms with Crippen LogP contribution < -0.4 is 4.74 Å². The maximum Gasteiger partial charge on any atom is 0.416 e. The summed E-state index contributed by atoms with van der Waals surface area (Å²) < 4.78 is 43.7. The van der Waals surface area contributed by atoms with Crippen LogP contribution in [0.15, 0.2) is 35.6 Å². The van der Waals surface area contributed by atoms with Gasteiger partial charge in [-0.3, -0.25) is 0 Å². The topological polar surface area (TPSA) is 59.6 Å². The van der Waals surface area contributed by atoms with Crippen LogP contribution in [0, 0.1) is 0 Å². The van der Waals surface area contributed by atoms with Crippen LogP contribution in [-0.2, 0) is 6.18 Å². The van der Waals surface area contributed by atoms with Gasteiger partial charge in [-0.25, -0.2) is 4.68 Å². The third-order valence-corrected chi connectivity index (χ3v) is 2.56. The molecule has 1 N–H and O–H groups in total. The molecule has 0 aliphatic carbocycles. The lowest BCUT2D eigenvalue weighted by Crippen LogP contribution is -2.05. The molecule has 20 heavy (non-hydrogen) atoms. The van der Waals surface area contributed by atoms with Crippen LogP contribution in [0.1, 0.15) is 11.1 Å². The first kappa shape index (κ1) is 13.9. The predicted octanol–water partition coefficient (Wildman–Crippen LogP) is 2.71. The van der Waals surface area contributed by atoms with Gasteiger partial charge in [0.05, 0.1) is 30.1 Å². The molecule has 1 heterocycles. The molecule has 1 aromatic heterocycles. The van der Waals surface area contributed by atoms with E-state index in [0.29, 0.717) is 11.3 Å². The largest absolute Gasteiger partial charge is 0.479 e. The minimum absolute atomic E-state index is 0.197. The highest BCUT2D eigenvalue weighted by Gasteiger charge is 2.30. The molecule has 0 amide bonds. The Morgan fingerprint density at radius 2 is 1.95 bits per heavy atom. The van der Waals surface area contributed by atoms with E-state index in [1.165, 1.54) is 30.1 Å². The summed E-state index contributed by atoms with van der Waals surface area (Å²) >= 11 is 0. The maximum absolute atomic E-state index is 12.5. The Hall–Kier alpha value is -2.51. The summed E-state index contributed by atoms with van der Waals surface area (Å²) in [6, 6.07) is 4.50. The molecule has 0 saturated carbocycles. The second-order valence-electron chi connectivity index (χ2n) is 3.83. The Kier molecular flexibility index (Phi) is 3.64. The van der Waals surface area contributed by atoms with Gasteiger partial charge >= 0.3 is 6.18 Å². The van der Waals surface area contributed by atoms with Gasteiger partial charge in [0, 0.05) is 6.20 Å². The van der Waals surface area contributed by atoms with Crippen molar-refractivity contribution in [1.29, 1.82) is 0 Å². The lowest BCUT2D eigenvalue weighted by atomic mass is 10.2. The van der Waals surface area contributed by atoms with Crippen molar-refractivity contribution in [2.75, 3.05) is 7.11 Å². The second-order valence-corrected chi connectivity index (χ2v) is 3.83. The summed E-state index contributed by atoms with van der Waals surface area (Å²) in [4.78, 5) is 0. The smallest absolute Gasteiger partial charge is 0.416 e. The van der Waals surface area contributed by atoms with Crippen molar-refractivity contribution in [3.8, 4) is 11.6 Å². The molecule has 5 nitrogen and oxygen atoms in total. The average molecular weight is 285 g/mol. The highest BCUT2D eigenvalue weighted by Crippen LogP contribution is 2.29. The zero-order valence-electron chi connectivity index (χ0n) is 10.3. The van der Waals surface area contributed by atoms with E-state index < -0.39 is 11.7 Å². The maximum atomic E-state index is 12.5. The van der Waals surface area contributed by atoms with Gasteiger partial charge in [0.1, 0.15) is 0 Å². The monoisotopic (exact) mass is 285 g/mol. The van der Waals surface area contributed by atoms with Gasteiger partial charge in [0.2, 0.25) is 5.88 Å². The van der Waals surface area contributed by atoms with E-state index in [0.717, 1.165) is 18.3 Å². The van der Waals surface area contributed by atoms with Crippen molar-refractivity contribution < 1.29 is 23.1 Å². The first-order valence-corrected chi connectivity index (χ1v) is 5.44. The first-order chi connectivity index (χ1) is 9.45. The fraction of sp³-hybridized carbons (Fsp3) is 0.167. The van der Waals surface area contributed by atoms with Gasteiger partial charge in [-0.05, 0) is 24.3 Å². The van der Waals surface area contributed by atoms with Gasteiger partial charge in [-0.1, -0.05) is 5.16 Å². The summed E-state index contributed by atoms with van der Waals surface area (Å²) in [6.45, 7) is 0. The Balaban J connectivity index is 2.37.